The van der Waals surface area contributed by atoms with E-state index in [-0.39, 0.29) is 5.56 Å². The van der Waals surface area contributed by atoms with Crippen molar-refractivity contribution in [3.63, 3.8) is 0 Å². The summed E-state index contributed by atoms with van der Waals surface area (Å²) >= 11 is 1.41. The van der Waals surface area contributed by atoms with Gasteiger partial charge in [-0.2, -0.15) is 0 Å². The maximum atomic E-state index is 11.8. The molecule has 98 valence electrons. The van der Waals surface area contributed by atoms with Crippen molar-refractivity contribution in [2.24, 2.45) is 0 Å². The fraction of sp³-hybridized carbons (Fsp3) is 0.231. The summed E-state index contributed by atoms with van der Waals surface area (Å²) in [5.74, 6) is 0.642. The van der Waals surface area contributed by atoms with Crippen molar-refractivity contribution in [2.75, 3.05) is 5.43 Å². The molecule has 0 aliphatic rings. The summed E-state index contributed by atoms with van der Waals surface area (Å²) in [6, 6.07) is 5.95. The number of hydrogen-bond donors (Lipinski definition) is 2. The van der Waals surface area contributed by atoms with Gasteiger partial charge in [0.05, 0.1) is 12.1 Å². The molecular weight excluding hydrogens is 260 g/mol. The minimum atomic E-state index is -0.0715. The second kappa shape index (κ2) is 4.55. The zero-order valence-electron chi connectivity index (χ0n) is 10.7. The maximum absolute atomic E-state index is 11.8. The van der Waals surface area contributed by atoms with Crippen LogP contribution in [0, 0.1) is 13.8 Å². The van der Waals surface area contributed by atoms with Gasteiger partial charge >= 0.3 is 0 Å². The van der Waals surface area contributed by atoms with Gasteiger partial charge in [0.25, 0.3) is 5.56 Å². The Labute approximate surface area is 113 Å². The number of thiophene rings is 1. The van der Waals surface area contributed by atoms with Crippen LogP contribution in [0.3, 0.4) is 0 Å². The topological polar surface area (TPSA) is 62.7 Å². The van der Waals surface area contributed by atoms with E-state index in [0.717, 1.165) is 16.9 Å². The molecule has 0 saturated carbocycles. The van der Waals surface area contributed by atoms with Gasteiger partial charge in [-0.3, -0.25) is 9.47 Å². The van der Waals surface area contributed by atoms with E-state index in [9.17, 15) is 4.79 Å². The molecule has 3 aromatic rings. The quantitative estimate of drug-likeness (QED) is 0.769. The van der Waals surface area contributed by atoms with Crippen LogP contribution in [0.15, 0.2) is 28.4 Å². The number of nitrogens with zero attached hydrogens (tertiary/aromatic N) is 2. The van der Waals surface area contributed by atoms with Gasteiger partial charge in [0.1, 0.15) is 10.5 Å². The standard InChI is InChI=1S/C13H14N4OS/c1-8-3-4-9(2)17(8)14-7-11-15-10-5-6-19-12(10)13(18)16-11/h3-6,14H,7H2,1-2H3,(H,15,16,18). The Morgan fingerprint density at radius 3 is 2.79 bits per heavy atom. The van der Waals surface area contributed by atoms with Crippen LogP contribution in [0.5, 0.6) is 0 Å². The maximum Gasteiger partial charge on any atom is 0.268 e. The second-order valence-electron chi connectivity index (χ2n) is 4.43. The summed E-state index contributed by atoms with van der Waals surface area (Å²) in [6.07, 6.45) is 0. The Bertz CT molecular complexity index is 764. The van der Waals surface area contributed by atoms with Crippen LogP contribution in [0.1, 0.15) is 17.2 Å². The van der Waals surface area contributed by atoms with Gasteiger partial charge in [0.2, 0.25) is 0 Å². The third kappa shape index (κ3) is 2.15. The molecule has 19 heavy (non-hydrogen) atoms. The average molecular weight is 274 g/mol. The predicted octanol–water partition coefficient (Wildman–Crippen LogP) is 2.15. The molecule has 0 saturated heterocycles. The van der Waals surface area contributed by atoms with E-state index in [2.05, 4.69) is 15.4 Å². The first-order valence-corrected chi connectivity index (χ1v) is 6.88. The van der Waals surface area contributed by atoms with E-state index in [1.165, 1.54) is 11.3 Å². The number of aromatic nitrogens is 3. The highest BCUT2D eigenvalue weighted by molar-refractivity contribution is 7.17. The zero-order chi connectivity index (χ0) is 13.4. The Kier molecular flexibility index (Phi) is 2.87. The third-order valence-corrected chi connectivity index (χ3v) is 3.94. The van der Waals surface area contributed by atoms with Crippen LogP contribution in [0.4, 0.5) is 0 Å². The molecular formula is C13H14N4OS. The summed E-state index contributed by atoms with van der Waals surface area (Å²) in [5, 5.41) is 1.88. The Hall–Kier alpha value is -2.08. The van der Waals surface area contributed by atoms with Gasteiger partial charge in [-0.05, 0) is 37.4 Å². The molecule has 2 N–H and O–H groups in total. The lowest BCUT2D eigenvalue weighted by atomic mass is 10.4. The molecule has 0 aromatic carbocycles. The van der Waals surface area contributed by atoms with Crippen LogP contribution in [-0.2, 0) is 6.54 Å². The van der Waals surface area contributed by atoms with Crippen molar-refractivity contribution >= 4 is 21.6 Å². The number of nitrogens with one attached hydrogen (secondary N) is 2. The normalized spacial score (nSPS) is 11.1. The first-order chi connectivity index (χ1) is 9.15. The highest BCUT2D eigenvalue weighted by Crippen LogP contribution is 2.13. The van der Waals surface area contributed by atoms with Crippen molar-refractivity contribution in [3.8, 4) is 0 Å². The van der Waals surface area contributed by atoms with Crippen molar-refractivity contribution in [1.82, 2.24) is 14.6 Å². The summed E-state index contributed by atoms with van der Waals surface area (Å²) in [4.78, 5) is 19.1. The third-order valence-electron chi connectivity index (χ3n) is 3.04. The van der Waals surface area contributed by atoms with E-state index in [1.54, 1.807) is 0 Å². The highest BCUT2D eigenvalue weighted by Gasteiger charge is 2.05. The van der Waals surface area contributed by atoms with Gasteiger partial charge in [-0.1, -0.05) is 0 Å². The number of H-pyrrole nitrogens is 1. The summed E-state index contributed by atoms with van der Waals surface area (Å²) in [6.45, 7) is 4.54. The first kappa shape index (κ1) is 12.0. The van der Waals surface area contributed by atoms with Crippen LogP contribution in [0.2, 0.25) is 0 Å². The van der Waals surface area contributed by atoms with Crippen molar-refractivity contribution in [1.29, 1.82) is 0 Å². The number of aromatic amines is 1. The van der Waals surface area contributed by atoms with E-state index < -0.39 is 0 Å². The Morgan fingerprint density at radius 2 is 2.05 bits per heavy atom. The molecule has 0 aliphatic heterocycles. The minimum absolute atomic E-state index is 0.0715. The number of rotatable bonds is 3. The summed E-state index contributed by atoms with van der Waals surface area (Å²) in [5.41, 5.74) is 6.18. The zero-order valence-corrected chi connectivity index (χ0v) is 11.5. The monoisotopic (exact) mass is 274 g/mol. The van der Waals surface area contributed by atoms with Crippen LogP contribution < -0.4 is 11.0 Å². The number of aryl methyl sites for hydroxylation is 2. The SMILES string of the molecule is Cc1ccc(C)n1NCc1nc2ccsc2c(=O)[nH]1. The molecule has 0 spiro atoms. The fourth-order valence-electron chi connectivity index (χ4n) is 2.08. The molecule has 0 bridgehead atoms. The van der Waals surface area contributed by atoms with Crippen molar-refractivity contribution < 1.29 is 0 Å². The van der Waals surface area contributed by atoms with E-state index in [4.69, 9.17) is 0 Å². The first-order valence-electron chi connectivity index (χ1n) is 6.00. The predicted molar refractivity (Wildman–Crippen MR) is 77.2 cm³/mol. The number of hydrogen-bond acceptors (Lipinski definition) is 4. The van der Waals surface area contributed by atoms with Gasteiger partial charge in [0.15, 0.2) is 0 Å². The lowest BCUT2D eigenvalue weighted by Crippen LogP contribution is -2.20. The van der Waals surface area contributed by atoms with Crippen LogP contribution in [0.25, 0.3) is 10.2 Å². The fourth-order valence-corrected chi connectivity index (χ4v) is 2.80. The summed E-state index contributed by atoms with van der Waals surface area (Å²) < 4.78 is 2.66. The van der Waals surface area contributed by atoms with E-state index in [1.807, 2.05) is 42.1 Å². The lowest BCUT2D eigenvalue weighted by molar-refractivity contribution is 0.765. The minimum Gasteiger partial charge on any atom is -0.318 e. The average Bonchev–Trinajstić information content (AvgIpc) is 2.96. The largest absolute Gasteiger partial charge is 0.318 e. The van der Waals surface area contributed by atoms with Gasteiger partial charge in [-0.25, -0.2) is 4.98 Å². The van der Waals surface area contributed by atoms with Crippen molar-refractivity contribution in [3.05, 3.63) is 51.1 Å². The van der Waals surface area contributed by atoms with Gasteiger partial charge in [0, 0.05) is 11.4 Å². The smallest absolute Gasteiger partial charge is 0.268 e. The Morgan fingerprint density at radius 1 is 1.32 bits per heavy atom. The lowest BCUT2D eigenvalue weighted by Gasteiger charge is -2.11. The summed E-state index contributed by atoms with van der Waals surface area (Å²) in [7, 11) is 0. The van der Waals surface area contributed by atoms with E-state index in [0.29, 0.717) is 17.1 Å². The molecule has 6 heteroatoms. The van der Waals surface area contributed by atoms with Crippen molar-refractivity contribution in [2.45, 2.75) is 20.4 Å². The van der Waals surface area contributed by atoms with Gasteiger partial charge in [-0.15, -0.1) is 11.3 Å². The molecule has 3 heterocycles. The molecule has 0 aliphatic carbocycles. The molecule has 3 aromatic heterocycles. The molecule has 0 radical (unpaired) electrons. The molecule has 0 fully saturated rings. The second-order valence-corrected chi connectivity index (χ2v) is 5.35. The van der Waals surface area contributed by atoms with E-state index >= 15 is 0 Å². The number of fused-ring (bicyclic) bond motifs is 1. The Balaban J connectivity index is 1.88. The molecule has 5 nitrogen and oxygen atoms in total. The van der Waals surface area contributed by atoms with Crippen LogP contribution in [-0.4, -0.2) is 14.6 Å². The highest BCUT2D eigenvalue weighted by atomic mass is 32.1. The molecule has 3 rings (SSSR count). The van der Waals surface area contributed by atoms with Gasteiger partial charge < -0.3 is 10.4 Å². The molecule has 0 unspecified atom stereocenters. The van der Waals surface area contributed by atoms with Crippen LogP contribution >= 0.6 is 11.3 Å². The molecule has 0 amide bonds. The molecule has 0 atom stereocenters.